The van der Waals surface area contributed by atoms with E-state index in [-0.39, 0.29) is 13.1 Å². The zero-order chi connectivity index (χ0) is 14.8. The van der Waals surface area contributed by atoms with Crippen LogP contribution in [0.4, 0.5) is 0 Å². The highest BCUT2D eigenvalue weighted by Gasteiger charge is 2.43. The van der Waals surface area contributed by atoms with Gasteiger partial charge in [0.2, 0.25) is 10.0 Å². The highest BCUT2D eigenvalue weighted by Crippen LogP contribution is 2.32. The smallest absolute Gasteiger partial charge is 0.310 e. The molecule has 1 aliphatic rings. The Bertz CT molecular complexity index is 624. The van der Waals surface area contributed by atoms with E-state index in [1.807, 2.05) is 18.2 Å². The first-order valence-electron chi connectivity index (χ1n) is 6.30. The predicted octanol–water partition coefficient (Wildman–Crippen LogP) is 1.78. The first-order chi connectivity index (χ1) is 9.33. The van der Waals surface area contributed by atoms with Crippen LogP contribution in [0.3, 0.4) is 0 Å². The summed E-state index contributed by atoms with van der Waals surface area (Å²) in [4.78, 5) is 11.1. The molecule has 0 aliphatic carbocycles. The summed E-state index contributed by atoms with van der Waals surface area (Å²) >= 11 is 0. The molecule has 0 aromatic heterocycles. The maximum absolute atomic E-state index is 12.2. The van der Waals surface area contributed by atoms with Gasteiger partial charge in [-0.15, -0.1) is 0 Å². The second kappa shape index (κ2) is 5.38. The van der Waals surface area contributed by atoms with Crippen molar-refractivity contribution in [3.63, 3.8) is 0 Å². The van der Waals surface area contributed by atoms with Crippen LogP contribution in [-0.2, 0) is 14.8 Å². The summed E-state index contributed by atoms with van der Waals surface area (Å²) in [5, 5.41) is 10.3. The van der Waals surface area contributed by atoms with Crippen LogP contribution in [0.1, 0.15) is 18.9 Å². The quantitative estimate of drug-likeness (QED) is 0.919. The molecule has 0 amide bonds. The van der Waals surface area contributed by atoms with Gasteiger partial charge in [-0.05, 0) is 25.0 Å². The maximum Gasteiger partial charge on any atom is 0.310 e. The molecule has 1 fully saturated rings. The number of hydrogen-bond acceptors (Lipinski definition) is 3. The number of benzene rings is 1. The molecule has 0 bridgehead atoms. The SMILES string of the molecule is CC1(C(=O)O)CCN(S(=O)(=O)C=Cc2ccccc2)C1. The van der Waals surface area contributed by atoms with Crippen molar-refractivity contribution in [2.24, 2.45) is 5.41 Å². The van der Waals surface area contributed by atoms with E-state index in [9.17, 15) is 13.2 Å². The molecule has 1 atom stereocenters. The topological polar surface area (TPSA) is 74.7 Å². The summed E-state index contributed by atoms with van der Waals surface area (Å²) in [6, 6.07) is 9.10. The Morgan fingerprint density at radius 2 is 2.00 bits per heavy atom. The van der Waals surface area contributed by atoms with Crippen molar-refractivity contribution in [2.75, 3.05) is 13.1 Å². The predicted molar refractivity (Wildman–Crippen MR) is 76.3 cm³/mol. The van der Waals surface area contributed by atoms with Gasteiger partial charge in [0.05, 0.1) is 5.41 Å². The summed E-state index contributed by atoms with van der Waals surface area (Å²) in [5.41, 5.74) is -0.204. The number of sulfonamides is 1. The third kappa shape index (κ3) is 3.08. The van der Waals surface area contributed by atoms with Crippen molar-refractivity contribution in [2.45, 2.75) is 13.3 Å². The number of carbonyl (C=O) groups is 1. The van der Waals surface area contributed by atoms with Crippen molar-refractivity contribution in [1.82, 2.24) is 4.31 Å². The normalized spacial score (nSPS) is 24.2. The van der Waals surface area contributed by atoms with Gasteiger partial charge in [0.15, 0.2) is 0 Å². The summed E-state index contributed by atoms with van der Waals surface area (Å²) in [5.74, 6) is -0.956. The van der Waals surface area contributed by atoms with Crippen molar-refractivity contribution >= 4 is 22.1 Å². The Balaban J connectivity index is 2.13. The third-order valence-corrected chi connectivity index (χ3v) is 5.06. The molecule has 0 spiro atoms. The fourth-order valence-electron chi connectivity index (χ4n) is 2.13. The maximum atomic E-state index is 12.2. The number of rotatable bonds is 4. The van der Waals surface area contributed by atoms with Gasteiger partial charge in [-0.2, -0.15) is 4.31 Å². The van der Waals surface area contributed by atoms with E-state index in [0.29, 0.717) is 6.42 Å². The van der Waals surface area contributed by atoms with E-state index in [1.165, 1.54) is 10.4 Å². The van der Waals surface area contributed by atoms with E-state index >= 15 is 0 Å². The molecule has 1 N–H and O–H groups in total. The lowest BCUT2D eigenvalue weighted by molar-refractivity contribution is -0.146. The monoisotopic (exact) mass is 295 g/mol. The second-order valence-corrected chi connectivity index (χ2v) is 7.03. The summed E-state index contributed by atoms with van der Waals surface area (Å²) in [7, 11) is -3.57. The molecule has 0 saturated carbocycles. The van der Waals surface area contributed by atoms with Crippen molar-refractivity contribution < 1.29 is 18.3 Å². The van der Waals surface area contributed by atoms with Crippen LogP contribution >= 0.6 is 0 Å². The van der Waals surface area contributed by atoms with Crippen molar-refractivity contribution in [3.8, 4) is 0 Å². The summed E-state index contributed by atoms with van der Waals surface area (Å²) in [6.07, 6.45) is 1.85. The molecule has 1 heterocycles. The van der Waals surface area contributed by atoms with Gasteiger partial charge in [0.25, 0.3) is 0 Å². The molecule has 20 heavy (non-hydrogen) atoms. The van der Waals surface area contributed by atoms with E-state index < -0.39 is 21.4 Å². The molecule has 6 heteroatoms. The summed E-state index contributed by atoms with van der Waals surface area (Å²) in [6.45, 7) is 1.83. The van der Waals surface area contributed by atoms with Crippen LogP contribution in [0.25, 0.3) is 6.08 Å². The zero-order valence-electron chi connectivity index (χ0n) is 11.2. The lowest BCUT2D eigenvalue weighted by Crippen LogP contribution is -2.34. The van der Waals surface area contributed by atoms with Crippen LogP contribution in [0.15, 0.2) is 35.7 Å². The van der Waals surface area contributed by atoms with E-state index in [1.54, 1.807) is 19.1 Å². The van der Waals surface area contributed by atoms with Gasteiger partial charge >= 0.3 is 5.97 Å². The molecular weight excluding hydrogens is 278 g/mol. The Labute approximate surface area is 118 Å². The fourth-order valence-corrected chi connectivity index (χ4v) is 3.44. The lowest BCUT2D eigenvalue weighted by Gasteiger charge is -2.18. The molecule has 1 aromatic carbocycles. The lowest BCUT2D eigenvalue weighted by atomic mass is 9.90. The molecule has 2 rings (SSSR count). The van der Waals surface area contributed by atoms with Crippen molar-refractivity contribution in [3.05, 3.63) is 41.3 Å². The molecule has 1 saturated heterocycles. The van der Waals surface area contributed by atoms with Gasteiger partial charge in [0, 0.05) is 18.5 Å². The minimum atomic E-state index is -3.57. The van der Waals surface area contributed by atoms with Crippen LogP contribution in [0.5, 0.6) is 0 Å². The van der Waals surface area contributed by atoms with Crippen LogP contribution in [0, 0.1) is 5.41 Å². The third-order valence-electron chi connectivity index (χ3n) is 3.55. The molecule has 5 nitrogen and oxygen atoms in total. The Hall–Kier alpha value is -1.66. The van der Waals surface area contributed by atoms with Gasteiger partial charge in [-0.25, -0.2) is 8.42 Å². The minimum absolute atomic E-state index is 0.0177. The fraction of sp³-hybridized carbons (Fsp3) is 0.357. The van der Waals surface area contributed by atoms with E-state index in [0.717, 1.165) is 11.0 Å². The van der Waals surface area contributed by atoms with Gasteiger partial charge in [0.1, 0.15) is 0 Å². The Morgan fingerprint density at radius 3 is 2.55 bits per heavy atom. The molecular formula is C14H17NO4S. The van der Waals surface area contributed by atoms with Gasteiger partial charge in [-0.1, -0.05) is 30.3 Å². The first kappa shape index (κ1) is 14.7. The van der Waals surface area contributed by atoms with Crippen molar-refractivity contribution in [1.29, 1.82) is 0 Å². The number of carboxylic acid groups (broad SMARTS) is 1. The number of hydrogen-bond donors (Lipinski definition) is 1. The average molecular weight is 295 g/mol. The van der Waals surface area contributed by atoms with E-state index in [4.69, 9.17) is 5.11 Å². The Kier molecular flexibility index (Phi) is 3.96. The molecule has 0 radical (unpaired) electrons. The van der Waals surface area contributed by atoms with Gasteiger partial charge < -0.3 is 5.11 Å². The average Bonchev–Trinajstić information content (AvgIpc) is 2.83. The zero-order valence-corrected chi connectivity index (χ0v) is 12.0. The van der Waals surface area contributed by atoms with Crippen LogP contribution in [-0.4, -0.2) is 36.9 Å². The minimum Gasteiger partial charge on any atom is -0.481 e. The Morgan fingerprint density at radius 1 is 1.35 bits per heavy atom. The highest BCUT2D eigenvalue weighted by molar-refractivity contribution is 7.92. The molecule has 1 aliphatic heterocycles. The summed E-state index contributed by atoms with van der Waals surface area (Å²) < 4.78 is 25.5. The van der Waals surface area contributed by atoms with E-state index in [2.05, 4.69) is 0 Å². The number of aliphatic carboxylic acids is 1. The van der Waals surface area contributed by atoms with Crippen LogP contribution < -0.4 is 0 Å². The highest BCUT2D eigenvalue weighted by atomic mass is 32.2. The standard InChI is InChI=1S/C14H17NO4S/c1-14(13(16)17)8-9-15(11-14)20(18,19)10-7-12-5-3-2-4-6-12/h2-7,10H,8-9,11H2,1H3,(H,16,17). The molecule has 108 valence electrons. The first-order valence-corrected chi connectivity index (χ1v) is 7.80. The number of carboxylic acids is 1. The van der Waals surface area contributed by atoms with Gasteiger partial charge in [-0.3, -0.25) is 4.79 Å². The molecule has 1 aromatic rings. The largest absolute Gasteiger partial charge is 0.481 e. The molecule has 1 unspecified atom stereocenters. The second-order valence-electron chi connectivity index (χ2n) is 5.21. The number of nitrogens with zero attached hydrogens (tertiary/aromatic N) is 1. The van der Waals surface area contributed by atoms with Crippen LogP contribution in [0.2, 0.25) is 0 Å².